The summed E-state index contributed by atoms with van der Waals surface area (Å²) < 4.78 is 10.6. The van der Waals surface area contributed by atoms with E-state index in [4.69, 9.17) is 24.2 Å². The van der Waals surface area contributed by atoms with E-state index in [1.807, 2.05) is 0 Å². The van der Waals surface area contributed by atoms with Gasteiger partial charge in [-0.1, -0.05) is 6.07 Å². The SMILES string of the molecule is O=C(NCCN1CCOCC1)c1ccc2c(c1)c(=O)oc1cc(O)ccc12.O=C([O-])[O-].[K+].[K+]. The molecule has 1 amide bonds. The molecule has 1 fully saturated rings. The van der Waals surface area contributed by atoms with Crippen LogP contribution in [0.2, 0.25) is 0 Å². The molecule has 0 saturated carbocycles. The number of aromatic hydroxyl groups is 1. The molecule has 1 aliphatic heterocycles. The van der Waals surface area contributed by atoms with E-state index in [1.165, 1.54) is 12.1 Å². The van der Waals surface area contributed by atoms with E-state index in [-0.39, 0.29) is 114 Å². The van der Waals surface area contributed by atoms with Gasteiger partial charge in [0.15, 0.2) is 0 Å². The maximum atomic E-state index is 12.4. The van der Waals surface area contributed by atoms with Gasteiger partial charge < -0.3 is 34.6 Å². The van der Waals surface area contributed by atoms with Gasteiger partial charge in [-0.15, -0.1) is 0 Å². The minimum atomic E-state index is -2.33. The first-order valence-corrected chi connectivity index (χ1v) is 9.51. The van der Waals surface area contributed by atoms with Crippen LogP contribution in [0.4, 0.5) is 4.79 Å². The molecule has 1 aromatic heterocycles. The minimum absolute atomic E-state index is 0. The number of fused-ring (bicyclic) bond motifs is 3. The van der Waals surface area contributed by atoms with Gasteiger partial charge in [0, 0.05) is 43.2 Å². The largest absolute Gasteiger partial charge is 1.00 e. The van der Waals surface area contributed by atoms with Crippen LogP contribution >= 0.6 is 0 Å². The molecule has 0 unspecified atom stereocenters. The molecule has 2 heterocycles. The van der Waals surface area contributed by atoms with Crippen molar-refractivity contribution in [3.63, 3.8) is 0 Å². The third-order valence-electron chi connectivity index (χ3n) is 4.78. The van der Waals surface area contributed by atoms with Gasteiger partial charge >= 0.3 is 108 Å². The van der Waals surface area contributed by atoms with Gasteiger partial charge in [0.1, 0.15) is 11.3 Å². The van der Waals surface area contributed by atoms with Crippen LogP contribution in [0, 0.1) is 0 Å². The number of phenolic OH excluding ortho intramolecular Hbond substituents is 1. The Morgan fingerprint density at radius 2 is 1.64 bits per heavy atom. The Hall–Kier alpha value is -0.357. The average molecular weight is 507 g/mol. The minimum Gasteiger partial charge on any atom is -0.652 e. The molecule has 2 aromatic carbocycles. The first kappa shape index (κ1) is 30.7. The van der Waals surface area contributed by atoms with E-state index in [1.54, 1.807) is 24.3 Å². The van der Waals surface area contributed by atoms with Crippen LogP contribution in [-0.2, 0) is 4.74 Å². The maximum absolute atomic E-state index is 12.4. The molecule has 0 aliphatic carbocycles. The first-order chi connectivity index (χ1) is 14.8. The van der Waals surface area contributed by atoms with Crippen molar-refractivity contribution >= 4 is 33.8 Å². The Kier molecular flexibility index (Phi) is 13.9. The van der Waals surface area contributed by atoms with Crippen molar-refractivity contribution in [2.24, 2.45) is 0 Å². The molecule has 164 valence electrons. The van der Waals surface area contributed by atoms with E-state index in [0.29, 0.717) is 33.8 Å². The zero-order valence-corrected chi connectivity index (χ0v) is 24.7. The van der Waals surface area contributed by atoms with E-state index in [0.717, 1.165) is 32.8 Å². The van der Waals surface area contributed by atoms with E-state index in [2.05, 4.69) is 10.2 Å². The van der Waals surface area contributed by atoms with Crippen molar-refractivity contribution in [3.8, 4) is 5.75 Å². The van der Waals surface area contributed by atoms with Crippen LogP contribution in [0.1, 0.15) is 10.4 Å². The Balaban J connectivity index is 0.000000842. The number of carboxylic acid groups (broad SMARTS) is 2. The van der Waals surface area contributed by atoms with Gasteiger partial charge in [-0.25, -0.2) is 4.79 Å². The Bertz CT molecular complexity index is 1160. The molecule has 0 bridgehead atoms. The second-order valence-corrected chi connectivity index (χ2v) is 6.79. The van der Waals surface area contributed by atoms with Crippen molar-refractivity contribution < 1.29 is 137 Å². The summed E-state index contributed by atoms with van der Waals surface area (Å²) >= 11 is 0. The fourth-order valence-corrected chi connectivity index (χ4v) is 3.32. The number of rotatable bonds is 4. The number of amides is 1. The standard InChI is InChI=1S/C20H20N2O5.CH2O3.2K/c23-14-2-4-16-15-3-1-13(11-17(15)20(25)27-18(16)12-14)19(24)21-5-6-22-7-9-26-10-8-22;2-1(3)4;;/h1-4,11-12,23H,5-10H2,(H,21,24);(H2,2,3,4);;/q;;2*+1/p-2. The summed E-state index contributed by atoms with van der Waals surface area (Å²) in [6.45, 7) is 4.48. The van der Waals surface area contributed by atoms with Crippen LogP contribution in [0.15, 0.2) is 45.6 Å². The van der Waals surface area contributed by atoms with Gasteiger partial charge in [-0.3, -0.25) is 9.69 Å². The maximum Gasteiger partial charge on any atom is 1.00 e. The number of carbonyl (C=O) groups excluding carboxylic acids is 2. The third kappa shape index (κ3) is 8.98. The van der Waals surface area contributed by atoms with Crippen LogP contribution in [0.5, 0.6) is 5.75 Å². The second-order valence-electron chi connectivity index (χ2n) is 6.79. The van der Waals surface area contributed by atoms with Gasteiger partial charge in [0.2, 0.25) is 0 Å². The molecule has 4 rings (SSSR count). The summed E-state index contributed by atoms with van der Waals surface area (Å²) in [4.78, 5) is 35.3. The number of nitrogens with zero attached hydrogens (tertiary/aromatic N) is 1. The normalized spacial score (nSPS) is 13.2. The summed E-state index contributed by atoms with van der Waals surface area (Å²) in [6.07, 6.45) is -2.33. The number of hydrogen-bond acceptors (Lipinski definition) is 9. The molecule has 2 N–H and O–H groups in total. The van der Waals surface area contributed by atoms with Crippen molar-refractivity contribution in [2.45, 2.75) is 0 Å². The predicted molar refractivity (Wildman–Crippen MR) is 107 cm³/mol. The number of carbonyl (C=O) groups is 2. The molecule has 0 atom stereocenters. The zero-order valence-electron chi connectivity index (χ0n) is 18.5. The summed E-state index contributed by atoms with van der Waals surface area (Å²) in [7, 11) is 0. The first-order valence-electron chi connectivity index (χ1n) is 9.51. The van der Waals surface area contributed by atoms with Crippen LogP contribution in [0.25, 0.3) is 21.7 Å². The number of benzene rings is 2. The Morgan fingerprint density at radius 1 is 1.00 bits per heavy atom. The van der Waals surface area contributed by atoms with Gasteiger partial charge in [-0.05, 0) is 35.8 Å². The fourth-order valence-electron chi connectivity index (χ4n) is 3.32. The smallest absolute Gasteiger partial charge is 0.652 e. The van der Waals surface area contributed by atoms with Crippen LogP contribution in [0.3, 0.4) is 0 Å². The third-order valence-corrected chi connectivity index (χ3v) is 4.78. The van der Waals surface area contributed by atoms with Crippen molar-refractivity contribution in [3.05, 3.63) is 52.4 Å². The number of hydrogen-bond donors (Lipinski definition) is 2. The molecule has 10 nitrogen and oxygen atoms in total. The fraction of sp³-hybridized carbons (Fsp3) is 0.286. The topological polar surface area (TPSA) is 155 Å². The summed E-state index contributed by atoms with van der Waals surface area (Å²) in [6, 6.07) is 9.62. The second kappa shape index (κ2) is 14.9. The average Bonchev–Trinajstić information content (AvgIpc) is 2.73. The monoisotopic (exact) mass is 506 g/mol. The summed E-state index contributed by atoms with van der Waals surface area (Å²) in [5.41, 5.74) is 0.191. The summed E-state index contributed by atoms with van der Waals surface area (Å²) in [5, 5.41) is 30.9. The van der Waals surface area contributed by atoms with E-state index in [9.17, 15) is 14.7 Å². The summed E-state index contributed by atoms with van der Waals surface area (Å²) in [5.74, 6) is -0.198. The zero-order chi connectivity index (χ0) is 22.4. The molecular weight excluding hydrogens is 486 g/mol. The van der Waals surface area contributed by atoms with E-state index < -0.39 is 11.8 Å². The molecule has 0 spiro atoms. The van der Waals surface area contributed by atoms with Crippen LogP contribution in [-0.4, -0.2) is 61.5 Å². The quantitative estimate of drug-likeness (QED) is 0.200. The number of nitrogens with one attached hydrogen (secondary N) is 1. The Labute approximate surface area is 274 Å². The molecule has 33 heavy (non-hydrogen) atoms. The molecule has 12 heteroatoms. The predicted octanol–water partition coefficient (Wildman–Crippen LogP) is -6.73. The molecule has 1 saturated heterocycles. The molecular formula is C21H20K2N2O8. The van der Waals surface area contributed by atoms with Gasteiger partial charge in [0.25, 0.3) is 5.91 Å². The molecule has 0 radical (unpaired) electrons. The van der Waals surface area contributed by atoms with Gasteiger partial charge in [0.05, 0.1) is 18.6 Å². The van der Waals surface area contributed by atoms with E-state index >= 15 is 0 Å². The van der Waals surface area contributed by atoms with Crippen LogP contribution < -0.4 is 124 Å². The van der Waals surface area contributed by atoms with Crippen molar-refractivity contribution in [1.29, 1.82) is 0 Å². The number of morpholine rings is 1. The van der Waals surface area contributed by atoms with Gasteiger partial charge in [-0.2, -0.15) is 0 Å². The number of ether oxygens (including phenoxy) is 1. The molecule has 3 aromatic rings. The van der Waals surface area contributed by atoms with Crippen molar-refractivity contribution in [1.82, 2.24) is 10.2 Å². The number of phenols is 1. The molecule has 1 aliphatic rings. The van der Waals surface area contributed by atoms with Crippen molar-refractivity contribution in [2.75, 3.05) is 39.4 Å². The Morgan fingerprint density at radius 3 is 2.30 bits per heavy atom.